The molecule has 2 aliphatic rings. The molecule has 1 amide bonds. The maximum Gasteiger partial charge on any atom is 0.471 e. The second-order valence-corrected chi connectivity index (χ2v) is 7.45. The number of fused-ring (bicyclic) bond motifs is 2. The van der Waals surface area contributed by atoms with E-state index in [0.29, 0.717) is 29.2 Å². The van der Waals surface area contributed by atoms with Crippen molar-refractivity contribution in [3.05, 3.63) is 47.6 Å². The molecule has 3 rings (SSSR count). The predicted molar refractivity (Wildman–Crippen MR) is 104 cm³/mol. The van der Waals surface area contributed by atoms with Gasteiger partial charge in [-0.05, 0) is 48.3 Å². The minimum atomic E-state index is -4.96. The number of unbranched alkanes of at least 4 members (excludes halogenated alkanes) is 1. The fraction of sp³-hybridized carbons (Fsp3) is 0.455. The van der Waals surface area contributed by atoms with Gasteiger partial charge < -0.3 is 14.4 Å². The lowest BCUT2D eigenvalue weighted by atomic mass is 9.73. The van der Waals surface area contributed by atoms with Crippen molar-refractivity contribution in [2.75, 3.05) is 20.3 Å². The Bertz CT molecular complexity index is 873. The van der Waals surface area contributed by atoms with Crippen LogP contribution < -0.4 is 9.47 Å². The number of ether oxygens (including phenoxy) is 2. The van der Waals surface area contributed by atoms with E-state index in [1.807, 2.05) is 6.92 Å². The summed E-state index contributed by atoms with van der Waals surface area (Å²) in [6.07, 6.45) is 3.18. The summed E-state index contributed by atoms with van der Waals surface area (Å²) in [4.78, 5) is 24.5. The molecule has 1 aliphatic heterocycles. The fourth-order valence-corrected chi connectivity index (χ4v) is 3.78. The molecule has 0 saturated carbocycles. The molecule has 0 aromatic heterocycles. The summed E-state index contributed by atoms with van der Waals surface area (Å²) in [5.41, 5.74) is 0.416. The number of amides is 1. The van der Waals surface area contributed by atoms with E-state index in [2.05, 4.69) is 0 Å². The molecule has 0 fully saturated rings. The molecule has 5 nitrogen and oxygen atoms in total. The van der Waals surface area contributed by atoms with Crippen LogP contribution in [0.2, 0.25) is 0 Å². The van der Waals surface area contributed by atoms with Crippen molar-refractivity contribution in [1.29, 1.82) is 0 Å². The van der Waals surface area contributed by atoms with Gasteiger partial charge in [0.1, 0.15) is 0 Å². The summed E-state index contributed by atoms with van der Waals surface area (Å²) in [7, 11) is 1.49. The predicted octanol–water partition coefficient (Wildman–Crippen LogP) is 4.10. The zero-order chi connectivity index (χ0) is 21.9. The van der Waals surface area contributed by atoms with Gasteiger partial charge >= 0.3 is 12.1 Å². The van der Waals surface area contributed by atoms with E-state index in [0.717, 1.165) is 17.7 Å². The van der Waals surface area contributed by atoms with E-state index in [1.54, 1.807) is 24.3 Å². The van der Waals surface area contributed by atoms with Gasteiger partial charge in [-0.15, -0.1) is 0 Å². The molecule has 0 N–H and O–H groups in total. The summed E-state index contributed by atoms with van der Waals surface area (Å²) >= 11 is 0. The lowest BCUT2D eigenvalue weighted by molar-refractivity contribution is -0.186. The second-order valence-electron chi connectivity index (χ2n) is 7.45. The Kier molecular flexibility index (Phi) is 6.24. The molecule has 8 heteroatoms. The molecule has 0 saturated heterocycles. The number of alkyl halides is 3. The minimum Gasteiger partial charge on any atom is -0.493 e. The smallest absolute Gasteiger partial charge is 0.471 e. The van der Waals surface area contributed by atoms with Crippen molar-refractivity contribution in [3.63, 3.8) is 0 Å². The van der Waals surface area contributed by atoms with Crippen LogP contribution in [0.4, 0.5) is 13.2 Å². The van der Waals surface area contributed by atoms with Gasteiger partial charge in [-0.1, -0.05) is 25.5 Å². The molecule has 1 aliphatic carbocycles. The Labute approximate surface area is 173 Å². The van der Waals surface area contributed by atoms with Gasteiger partial charge in [0.2, 0.25) is 0 Å². The Balaban J connectivity index is 2.09. The number of benzene rings is 1. The quantitative estimate of drug-likeness (QED) is 0.669. The molecule has 0 atom stereocenters. The van der Waals surface area contributed by atoms with Gasteiger partial charge in [0, 0.05) is 18.5 Å². The summed E-state index contributed by atoms with van der Waals surface area (Å²) in [6, 6.07) is 3.38. The first-order chi connectivity index (χ1) is 14.2. The average Bonchev–Trinajstić information content (AvgIpc) is 2.85. The highest BCUT2D eigenvalue weighted by atomic mass is 19.4. The maximum absolute atomic E-state index is 13.1. The first-order valence-electron chi connectivity index (χ1n) is 9.83. The third kappa shape index (κ3) is 4.37. The molecule has 30 heavy (non-hydrogen) atoms. The molecule has 162 valence electrons. The van der Waals surface area contributed by atoms with E-state index in [1.165, 1.54) is 19.3 Å². The van der Waals surface area contributed by atoms with E-state index in [4.69, 9.17) is 9.47 Å². The fourth-order valence-electron chi connectivity index (χ4n) is 3.78. The van der Waals surface area contributed by atoms with E-state index >= 15 is 0 Å². The first-order valence-corrected chi connectivity index (χ1v) is 9.83. The second kappa shape index (κ2) is 8.53. The van der Waals surface area contributed by atoms with Gasteiger partial charge in [-0.25, -0.2) is 0 Å². The summed E-state index contributed by atoms with van der Waals surface area (Å²) < 4.78 is 50.6. The first kappa shape index (κ1) is 21.9. The van der Waals surface area contributed by atoms with Crippen LogP contribution in [0.3, 0.4) is 0 Å². The van der Waals surface area contributed by atoms with Crippen LogP contribution in [0, 0.1) is 0 Å². The Hall–Kier alpha value is -2.77. The SMILES string of the molecule is CCCCOc1cc2c(cc1OC)C1(C=CC(=O)C=C1)CCN(C(=O)C(F)(F)F)C2. The largest absolute Gasteiger partial charge is 0.493 e. The summed E-state index contributed by atoms with van der Waals surface area (Å²) in [5, 5.41) is 0. The van der Waals surface area contributed by atoms with Crippen LogP contribution in [-0.2, 0) is 21.5 Å². The highest BCUT2D eigenvalue weighted by Crippen LogP contribution is 2.44. The molecular weight excluding hydrogens is 399 g/mol. The Morgan fingerprint density at radius 1 is 1.20 bits per heavy atom. The molecule has 1 spiro atoms. The normalized spacial score (nSPS) is 17.6. The van der Waals surface area contributed by atoms with Gasteiger partial charge in [0.05, 0.1) is 13.7 Å². The number of rotatable bonds is 5. The van der Waals surface area contributed by atoms with Crippen molar-refractivity contribution in [3.8, 4) is 11.5 Å². The molecule has 1 heterocycles. The van der Waals surface area contributed by atoms with Crippen LogP contribution in [0.25, 0.3) is 0 Å². The number of ketones is 1. The summed E-state index contributed by atoms with van der Waals surface area (Å²) in [5.74, 6) is -1.20. The van der Waals surface area contributed by atoms with E-state index < -0.39 is 17.5 Å². The van der Waals surface area contributed by atoms with Crippen molar-refractivity contribution < 1.29 is 32.2 Å². The van der Waals surface area contributed by atoms with Gasteiger partial charge in [0.15, 0.2) is 17.3 Å². The van der Waals surface area contributed by atoms with Crippen LogP contribution in [0.15, 0.2) is 36.4 Å². The van der Waals surface area contributed by atoms with Crippen LogP contribution in [0.1, 0.15) is 37.3 Å². The third-order valence-electron chi connectivity index (χ3n) is 5.42. The van der Waals surface area contributed by atoms with Crippen LogP contribution in [-0.4, -0.2) is 43.0 Å². The number of nitrogens with zero attached hydrogens (tertiary/aromatic N) is 1. The average molecular weight is 423 g/mol. The van der Waals surface area contributed by atoms with Crippen LogP contribution in [0.5, 0.6) is 11.5 Å². The topological polar surface area (TPSA) is 55.8 Å². The number of hydrogen-bond acceptors (Lipinski definition) is 4. The third-order valence-corrected chi connectivity index (χ3v) is 5.42. The van der Waals surface area contributed by atoms with Crippen molar-refractivity contribution in [2.24, 2.45) is 0 Å². The lowest BCUT2D eigenvalue weighted by Crippen LogP contribution is -2.41. The van der Waals surface area contributed by atoms with E-state index in [-0.39, 0.29) is 25.3 Å². The van der Waals surface area contributed by atoms with Crippen molar-refractivity contribution in [2.45, 2.75) is 44.3 Å². The van der Waals surface area contributed by atoms with Gasteiger partial charge in [-0.3, -0.25) is 9.59 Å². The number of carbonyl (C=O) groups is 2. The maximum atomic E-state index is 13.1. The van der Waals surface area contributed by atoms with Gasteiger partial charge in [0.25, 0.3) is 0 Å². The number of hydrogen-bond donors (Lipinski definition) is 0. The highest BCUT2D eigenvalue weighted by molar-refractivity contribution is 6.00. The molecule has 0 radical (unpaired) electrons. The number of allylic oxidation sites excluding steroid dienone is 4. The zero-order valence-electron chi connectivity index (χ0n) is 16.9. The lowest BCUT2D eigenvalue weighted by Gasteiger charge is -2.30. The molecule has 1 aromatic carbocycles. The number of halogens is 3. The molecule has 1 aromatic rings. The molecule has 0 bridgehead atoms. The Morgan fingerprint density at radius 2 is 1.90 bits per heavy atom. The monoisotopic (exact) mass is 423 g/mol. The number of carbonyl (C=O) groups excluding carboxylic acids is 2. The zero-order valence-corrected chi connectivity index (χ0v) is 16.9. The number of methoxy groups -OCH3 is 1. The van der Waals surface area contributed by atoms with Crippen LogP contribution >= 0.6 is 0 Å². The minimum absolute atomic E-state index is 0.107. The molecule has 0 unspecified atom stereocenters. The van der Waals surface area contributed by atoms with Crippen molar-refractivity contribution >= 4 is 11.7 Å². The Morgan fingerprint density at radius 3 is 2.50 bits per heavy atom. The molecular formula is C22H24F3NO4. The summed E-state index contributed by atoms with van der Waals surface area (Å²) in [6.45, 7) is 2.14. The van der Waals surface area contributed by atoms with Crippen molar-refractivity contribution in [1.82, 2.24) is 4.90 Å². The highest BCUT2D eigenvalue weighted by Gasteiger charge is 2.45. The standard InChI is InChI=1S/C22H24F3NO4/c1-3-4-11-30-19-12-15-14-26(20(28)22(23,24)25)10-9-21(7-5-16(27)6-8-21)17(15)13-18(19)29-2/h5-8,12-13H,3-4,9-11,14H2,1-2H3. The van der Waals surface area contributed by atoms with Gasteiger partial charge in [-0.2, -0.15) is 13.2 Å². The van der Waals surface area contributed by atoms with E-state index in [9.17, 15) is 22.8 Å².